The standard InChI is InChI=1S/C17H14ClN3O3S/c1-24-17(23)12-5-7-25-16(12)21-6-4-14(15(21)22)20-11-3-2-10(9-19)13(18)8-11/h2-3,5,7-8,14,20H,4,6H2,1H3. The Hall–Kier alpha value is -2.56. The summed E-state index contributed by atoms with van der Waals surface area (Å²) in [5.74, 6) is -0.576. The largest absolute Gasteiger partial charge is 0.465 e. The Morgan fingerprint density at radius 3 is 2.96 bits per heavy atom. The lowest BCUT2D eigenvalue weighted by Crippen LogP contribution is -2.33. The van der Waals surface area contributed by atoms with E-state index in [1.54, 1.807) is 34.5 Å². The van der Waals surface area contributed by atoms with Crippen molar-refractivity contribution in [2.45, 2.75) is 12.5 Å². The summed E-state index contributed by atoms with van der Waals surface area (Å²) in [5.41, 5.74) is 1.44. The maximum atomic E-state index is 12.7. The van der Waals surface area contributed by atoms with Crippen molar-refractivity contribution in [2.75, 3.05) is 23.9 Å². The van der Waals surface area contributed by atoms with Crippen LogP contribution < -0.4 is 10.2 Å². The summed E-state index contributed by atoms with van der Waals surface area (Å²) in [4.78, 5) is 26.1. The van der Waals surface area contributed by atoms with Crippen molar-refractivity contribution in [3.05, 3.63) is 45.8 Å². The van der Waals surface area contributed by atoms with Gasteiger partial charge in [-0.2, -0.15) is 5.26 Å². The maximum Gasteiger partial charge on any atom is 0.340 e. The van der Waals surface area contributed by atoms with Crippen LogP contribution in [0.15, 0.2) is 29.6 Å². The molecule has 0 bridgehead atoms. The first kappa shape index (κ1) is 17.3. The molecule has 1 aliphatic heterocycles. The van der Waals surface area contributed by atoms with Crippen molar-refractivity contribution in [3.8, 4) is 6.07 Å². The summed E-state index contributed by atoms with van der Waals surface area (Å²) >= 11 is 7.35. The Bertz CT molecular complexity index is 874. The summed E-state index contributed by atoms with van der Waals surface area (Å²) < 4.78 is 4.76. The van der Waals surface area contributed by atoms with Crippen molar-refractivity contribution < 1.29 is 14.3 Å². The molecule has 1 atom stereocenters. The molecular weight excluding hydrogens is 362 g/mol. The number of carbonyl (C=O) groups excluding carboxylic acids is 2. The summed E-state index contributed by atoms with van der Waals surface area (Å²) in [6, 6.07) is 8.18. The minimum atomic E-state index is -0.459. The van der Waals surface area contributed by atoms with Crippen molar-refractivity contribution >= 4 is 45.5 Å². The number of nitriles is 1. The zero-order valence-electron chi connectivity index (χ0n) is 13.3. The summed E-state index contributed by atoms with van der Waals surface area (Å²) in [7, 11) is 1.31. The second kappa shape index (κ2) is 7.13. The summed E-state index contributed by atoms with van der Waals surface area (Å²) in [6.07, 6.45) is 0.592. The van der Waals surface area contributed by atoms with Crippen LogP contribution >= 0.6 is 22.9 Å². The molecule has 1 N–H and O–H groups in total. The number of nitrogens with one attached hydrogen (secondary N) is 1. The van der Waals surface area contributed by atoms with E-state index >= 15 is 0 Å². The van der Waals surface area contributed by atoms with E-state index in [0.717, 1.165) is 0 Å². The van der Waals surface area contributed by atoms with Crippen LogP contribution in [0.1, 0.15) is 22.3 Å². The van der Waals surface area contributed by atoms with Crippen LogP contribution in [0.5, 0.6) is 0 Å². The predicted molar refractivity (Wildman–Crippen MR) is 96.2 cm³/mol. The molecule has 1 unspecified atom stereocenters. The van der Waals surface area contributed by atoms with Crippen LogP contribution in [0.25, 0.3) is 0 Å². The summed E-state index contributed by atoms with van der Waals surface area (Å²) in [6.45, 7) is 0.505. The van der Waals surface area contributed by atoms with E-state index in [1.807, 2.05) is 6.07 Å². The van der Waals surface area contributed by atoms with Crippen molar-refractivity contribution in [3.63, 3.8) is 0 Å². The van der Waals surface area contributed by atoms with Gasteiger partial charge in [-0.25, -0.2) is 4.79 Å². The molecule has 2 aromatic rings. The fourth-order valence-corrected chi connectivity index (χ4v) is 3.83. The van der Waals surface area contributed by atoms with Crippen LogP contribution in [-0.4, -0.2) is 31.6 Å². The van der Waals surface area contributed by atoms with E-state index in [2.05, 4.69) is 5.32 Å². The van der Waals surface area contributed by atoms with Gasteiger partial charge in [-0.1, -0.05) is 11.6 Å². The van der Waals surface area contributed by atoms with Crippen molar-refractivity contribution in [2.24, 2.45) is 0 Å². The lowest BCUT2D eigenvalue weighted by atomic mass is 10.2. The number of amides is 1. The second-order valence-corrected chi connectivity index (χ2v) is 6.71. The predicted octanol–water partition coefficient (Wildman–Crippen LogP) is 3.28. The number of hydrogen-bond acceptors (Lipinski definition) is 6. The van der Waals surface area contributed by atoms with Gasteiger partial charge in [0, 0.05) is 12.2 Å². The number of nitrogens with zero attached hydrogens (tertiary/aromatic N) is 2. The van der Waals surface area contributed by atoms with E-state index in [-0.39, 0.29) is 5.91 Å². The van der Waals surface area contributed by atoms with Crippen molar-refractivity contribution in [1.29, 1.82) is 5.26 Å². The molecule has 6 nitrogen and oxygen atoms in total. The average molecular weight is 376 g/mol. The molecule has 1 saturated heterocycles. The molecular formula is C17H14ClN3O3S. The first-order valence-corrected chi connectivity index (χ1v) is 8.74. The number of carbonyl (C=O) groups is 2. The Morgan fingerprint density at radius 2 is 2.28 bits per heavy atom. The van der Waals surface area contributed by atoms with Gasteiger partial charge in [-0.05, 0) is 36.1 Å². The van der Waals surface area contributed by atoms with E-state index in [9.17, 15) is 9.59 Å². The molecule has 0 radical (unpaired) electrons. The Kier molecular flexibility index (Phi) is 4.93. The fourth-order valence-electron chi connectivity index (χ4n) is 2.69. The minimum Gasteiger partial charge on any atom is -0.465 e. The van der Waals surface area contributed by atoms with Crippen LogP contribution in [-0.2, 0) is 9.53 Å². The minimum absolute atomic E-state index is 0.118. The van der Waals surface area contributed by atoms with E-state index in [4.69, 9.17) is 21.6 Å². The third-order valence-corrected chi connectivity index (χ3v) is 5.18. The molecule has 0 saturated carbocycles. The number of esters is 1. The van der Waals surface area contributed by atoms with Gasteiger partial charge in [0.1, 0.15) is 17.1 Å². The Balaban J connectivity index is 1.77. The number of halogens is 1. The SMILES string of the molecule is COC(=O)c1ccsc1N1CCC(Nc2ccc(C#N)c(Cl)c2)C1=O. The molecule has 128 valence electrons. The average Bonchev–Trinajstić information content (AvgIpc) is 3.22. The van der Waals surface area contributed by atoms with Crippen LogP contribution in [0, 0.1) is 11.3 Å². The fraction of sp³-hybridized carbons (Fsp3) is 0.235. The lowest BCUT2D eigenvalue weighted by Gasteiger charge is -2.17. The van der Waals surface area contributed by atoms with Gasteiger partial charge < -0.3 is 15.0 Å². The van der Waals surface area contributed by atoms with E-state index in [1.165, 1.54) is 18.4 Å². The topological polar surface area (TPSA) is 82.4 Å². The molecule has 1 aromatic heterocycles. The summed E-state index contributed by atoms with van der Waals surface area (Å²) in [5, 5.41) is 14.7. The zero-order chi connectivity index (χ0) is 18.0. The van der Waals surface area contributed by atoms with Gasteiger partial charge in [0.15, 0.2) is 0 Å². The lowest BCUT2D eigenvalue weighted by molar-refractivity contribution is -0.117. The number of rotatable bonds is 4. The zero-order valence-corrected chi connectivity index (χ0v) is 14.9. The number of methoxy groups -OCH3 is 1. The van der Waals surface area contributed by atoms with Gasteiger partial charge in [-0.3, -0.25) is 4.79 Å². The molecule has 1 aromatic carbocycles. The molecule has 1 fully saturated rings. The number of ether oxygens (including phenoxy) is 1. The number of benzene rings is 1. The highest BCUT2D eigenvalue weighted by Crippen LogP contribution is 2.32. The smallest absolute Gasteiger partial charge is 0.340 e. The van der Waals surface area contributed by atoms with Gasteiger partial charge in [-0.15, -0.1) is 11.3 Å². The first-order chi connectivity index (χ1) is 12.0. The molecule has 0 spiro atoms. The van der Waals surface area contributed by atoms with Crippen LogP contribution in [0.2, 0.25) is 5.02 Å². The van der Waals surface area contributed by atoms with Crippen molar-refractivity contribution in [1.82, 2.24) is 0 Å². The highest BCUT2D eigenvalue weighted by molar-refractivity contribution is 7.14. The first-order valence-electron chi connectivity index (χ1n) is 7.48. The van der Waals surface area contributed by atoms with Gasteiger partial charge in [0.05, 0.1) is 23.3 Å². The molecule has 3 rings (SSSR count). The quantitative estimate of drug-likeness (QED) is 0.829. The second-order valence-electron chi connectivity index (χ2n) is 5.41. The van der Waals surface area contributed by atoms with Gasteiger partial charge in [0.2, 0.25) is 5.91 Å². The maximum absolute atomic E-state index is 12.7. The molecule has 8 heteroatoms. The monoisotopic (exact) mass is 375 g/mol. The van der Waals surface area contributed by atoms with Crippen LogP contribution in [0.4, 0.5) is 10.7 Å². The van der Waals surface area contributed by atoms with Gasteiger partial charge in [0.25, 0.3) is 0 Å². The highest BCUT2D eigenvalue weighted by Gasteiger charge is 2.35. The van der Waals surface area contributed by atoms with E-state index in [0.29, 0.717) is 39.8 Å². The molecule has 0 aliphatic carbocycles. The molecule has 2 heterocycles. The normalized spacial score (nSPS) is 16.6. The van der Waals surface area contributed by atoms with Gasteiger partial charge >= 0.3 is 5.97 Å². The number of hydrogen-bond donors (Lipinski definition) is 1. The Morgan fingerprint density at radius 1 is 1.48 bits per heavy atom. The number of thiophene rings is 1. The highest BCUT2D eigenvalue weighted by atomic mass is 35.5. The molecule has 25 heavy (non-hydrogen) atoms. The third-order valence-electron chi connectivity index (χ3n) is 3.93. The Labute approximate surface area is 153 Å². The van der Waals surface area contributed by atoms with E-state index < -0.39 is 12.0 Å². The number of anilines is 2. The van der Waals surface area contributed by atoms with Crippen LogP contribution in [0.3, 0.4) is 0 Å². The third kappa shape index (κ3) is 3.31. The molecule has 1 amide bonds. The molecule has 1 aliphatic rings.